The molecule has 1 N–H and O–H groups in total. The van der Waals surface area contributed by atoms with Gasteiger partial charge in [-0.15, -0.1) is 0 Å². The molecule has 0 aliphatic rings. The molecule has 0 aliphatic heterocycles. The largest absolute Gasteiger partial charge is 0.493 e. The lowest BCUT2D eigenvalue weighted by Gasteiger charge is -2.11. The standard InChI is InChI=1S/C13H19NO4S/c1-3-5-10-18-12-9-7-6-8-11(12)13(15)14-19(16,17)4-2/h6-9H,3-5,10H2,1-2H3,(H,14,15). The van der Waals surface area contributed by atoms with Crippen molar-refractivity contribution in [2.75, 3.05) is 12.4 Å². The molecule has 1 aromatic carbocycles. The van der Waals surface area contributed by atoms with Crippen LogP contribution in [-0.4, -0.2) is 26.7 Å². The molecule has 0 saturated carbocycles. The third kappa shape index (κ3) is 4.90. The fourth-order valence-corrected chi connectivity index (χ4v) is 1.91. The molecular formula is C13H19NO4S. The number of hydrogen-bond acceptors (Lipinski definition) is 4. The molecule has 1 amide bonds. The van der Waals surface area contributed by atoms with Crippen LogP contribution in [-0.2, 0) is 10.0 Å². The molecule has 0 fully saturated rings. The fraction of sp³-hybridized carbons (Fsp3) is 0.462. The second kappa shape index (κ2) is 7.13. The van der Waals surface area contributed by atoms with E-state index < -0.39 is 15.9 Å². The van der Waals surface area contributed by atoms with Gasteiger partial charge in [0.15, 0.2) is 0 Å². The minimum absolute atomic E-state index is 0.141. The molecule has 0 heterocycles. The maximum Gasteiger partial charge on any atom is 0.268 e. The summed E-state index contributed by atoms with van der Waals surface area (Å²) in [6.45, 7) is 4.01. The first-order valence-electron chi connectivity index (χ1n) is 6.26. The quantitative estimate of drug-likeness (QED) is 0.777. The first kappa shape index (κ1) is 15.5. The van der Waals surface area contributed by atoms with Crippen LogP contribution in [0, 0.1) is 0 Å². The number of sulfonamides is 1. The van der Waals surface area contributed by atoms with Gasteiger partial charge in [0, 0.05) is 0 Å². The van der Waals surface area contributed by atoms with Crippen LogP contribution < -0.4 is 9.46 Å². The zero-order chi connectivity index (χ0) is 14.3. The van der Waals surface area contributed by atoms with Gasteiger partial charge >= 0.3 is 0 Å². The number of rotatable bonds is 7. The van der Waals surface area contributed by atoms with Crippen LogP contribution in [0.2, 0.25) is 0 Å². The molecule has 0 aromatic heterocycles. The highest BCUT2D eigenvalue weighted by Crippen LogP contribution is 2.18. The second-order valence-electron chi connectivity index (χ2n) is 4.03. The van der Waals surface area contributed by atoms with E-state index in [4.69, 9.17) is 4.74 Å². The Labute approximate surface area is 114 Å². The van der Waals surface area contributed by atoms with Gasteiger partial charge in [-0.05, 0) is 25.5 Å². The van der Waals surface area contributed by atoms with Crippen LogP contribution in [0.15, 0.2) is 24.3 Å². The number of hydrogen-bond donors (Lipinski definition) is 1. The maximum atomic E-state index is 11.9. The average Bonchev–Trinajstić information content (AvgIpc) is 2.39. The number of para-hydroxylation sites is 1. The van der Waals surface area contributed by atoms with Crippen molar-refractivity contribution in [3.05, 3.63) is 29.8 Å². The van der Waals surface area contributed by atoms with E-state index in [0.29, 0.717) is 12.4 Å². The summed E-state index contributed by atoms with van der Waals surface area (Å²) in [7, 11) is -3.56. The van der Waals surface area contributed by atoms with Crippen molar-refractivity contribution in [3.63, 3.8) is 0 Å². The molecule has 106 valence electrons. The van der Waals surface area contributed by atoms with Crippen LogP contribution in [0.4, 0.5) is 0 Å². The molecule has 0 unspecified atom stereocenters. The molecule has 0 radical (unpaired) electrons. The second-order valence-corrected chi connectivity index (χ2v) is 6.04. The molecule has 0 aliphatic carbocycles. The number of amides is 1. The Kier molecular flexibility index (Phi) is 5.82. The van der Waals surface area contributed by atoms with Crippen molar-refractivity contribution >= 4 is 15.9 Å². The van der Waals surface area contributed by atoms with Crippen LogP contribution in [0.25, 0.3) is 0 Å². The highest BCUT2D eigenvalue weighted by atomic mass is 32.2. The van der Waals surface area contributed by atoms with Crippen molar-refractivity contribution in [2.45, 2.75) is 26.7 Å². The van der Waals surface area contributed by atoms with E-state index in [1.165, 1.54) is 6.92 Å². The van der Waals surface area contributed by atoms with Crippen molar-refractivity contribution in [2.24, 2.45) is 0 Å². The molecule has 0 spiro atoms. The maximum absolute atomic E-state index is 11.9. The Morgan fingerprint density at radius 2 is 1.95 bits per heavy atom. The number of unbranched alkanes of at least 4 members (excludes halogenated alkanes) is 1. The van der Waals surface area contributed by atoms with Gasteiger partial charge in [-0.1, -0.05) is 25.5 Å². The molecule has 5 nitrogen and oxygen atoms in total. The molecule has 1 aromatic rings. The molecular weight excluding hydrogens is 266 g/mol. The molecule has 1 rings (SSSR count). The van der Waals surface area contributed by atoms with Crippen molar-refractivity contribution in [1.29, 1.82) is 0 Å². The first-order chi connectivity index (χ1) is 9.00. The minimum Gasteiger partial charge on any atom is -0.493 e. The van der Waals surface area contributed by atoms with Crippen molar-refractivity contribution in [1.82, 2.24) is 4.72 Å². The zero-order valence-corrected chi connectivity index (χ0v) is 12.0. The Hall–Kier alpha value is -1.56. The van der Waals surface area contributed by atoms with E-state index >= 15 is 0 Å². The van der Waals surface area contributed by atoms with Gasteiger partial charge in [0.05, 0.1) is 17.9 Å². The lowest BCUT2D eigenvalue weighted by Crippen LogP contribution is -2.32. The molecule has 19 heavy (non-hydrogen) atoms. The van der Waals surface area contributed by atoms with Gasteiger partial charge in [0.25, 0.3) is 5.91 Å². The normalized spacial score (nSPS) is 11.1. The summed E-state index contributed by atoms with van der Waals surface area (Å²) >= 11 is 0. The van der Waals surface area contributed by atoms with Crippen LogP contribution in [0.5, 0.6) is 5.75 Å². The third-order valence-electron chi connectivity index (χ3n) is 2.52. The number of benzene rings is 1. The van der Waals surface area contributed by atoms with Gasteiger partial charge in [0.1, 0.15) is 5.75 Å². The Morgan fingerprint density at radius 3 is 2.58 bits per heavy atom. The average molecular weight is 285 g/mol. The van der Waals surface area contributed by atoms with Gasteiger partial charge in [-0.25, -0.2) is 13.1 Å². The molecule has 0 saturated heterocycles. The number of carbonyl (C=O) groups excluding carboxylic acids is 1. The summed E-state index contributed by atoms with van der Waals surface area (Å²) < 4.78 is 30.3. The van der Waals surface area contributed by atoms with E-state index in [9.17, 15) is 13.2 Å². The van der Waals surface area contributed by atoms with Crippen LogP contribution in [0.1, 0.15) is 37.0 Å². The number of carbonyl (C=O) groups is 1. The van der Waals surface area contributed by atoms with Crippen molar-refractivity contribution < 1.29 is 17.9 Å². The summed E-state index contributed by atoms with van der Waals surface area (Å²) in [6, 6.07) is 6.61. The monoisotopic (exact) mass is 285 g/mol. The lowest BCUT2D eigenvalue weighted by molar-refractivity contribution is 0.0977. The predicted molar refractivity (Wildman–Crippen MR) is 73.8 cm³/mol. The summed E-state index contributed by atoms with van der Waals surface area (Å²) in [4.78, 5) is 11.9. The van der Waals surface area contributed by atoms with Gasteiger partial charge < -0.3 is 4.74 Å². The van der Waals surface area contributed by atoms with E-state index in [2.05, 4.69) is 0 Å². The molecule has 0 bridgehead atoms. The van der Waals surface area contributed by atoms with E-state index in [-0.39, 0.29) is 11.3 Å². The van der Waals surface area contributed by atoms with E-state index in [1.54, 1.807) is 24.3 Å². The van der Waals surface area contributed by atoms with Crippen LogP contribution >= 0.6 is 0 Å². The van der Waals surface area contributed by atoms with Gasteiger partial charge in [-0.2, -0.15) is 0 Å². The lowest BCUT2D eigenvalue weighted by atomic mass is 10.2. The molecule has 6 heteroatoms. The summed E-state index contributed by atoms with van der Waals surface area (Å²) in [5, 5.41) is 0. The topological polar surface area (TPSA) is 72.5 Å². The third-order valence-corrected chi connectivity index (χ3v) is 3.77. The number of nitrogens with one attached hydrogen (secondary N) is 1. The first-order valence-corrected chi connectivity index (χ1v) is 7.92. The smallest absolute Gasteiger partial charge is 0.268 e. The minimum atomic E-state index is -3.56. The summed E-state index contributed by atoms with van der Waals surface area (Å²) in [5.41, 5.74) is 0.232. The van der Waals surface area contributed by atoms with Gasteiger partial charge in [0.2, 0.25) is 10.0 Å². The summed E-state index contributed by atoms with van der Waals surface area (Å²) in [6.07, 6.45) is 1.86. The molecule has 0 atom stereocenters. The number of ether oxygens (including phenoxy) is 1. The Morgan fingerprint density at radius 1 is 1.26 bits per heavy atom. The fourth-order valence-electron chi connectivity index (χ4n) is 1.37. The van der Waals surface area contributed by atoms with E-state index in [0.717, 1.165) is 12.8 Å². The Bertz CT molecular complexity index is 525. The predicted octanol–water partition coefficient (Wildman–Crippen LogP) is 1.95. The SMILES string of the molecule is CCCCOc1ccccc1C(=O)NS(=O)(=O)CC. The highest BCUT2D eigenvalue weighted by molar-refractivity contribution is 7.90. The Balaban J connectivity index is 2.84. The van der Waals surface area contributed by atoms with E-state index in [1.807, 2.05) is 11.6 Å². The van der Waals surface area contributed by atoms with Crippen molar-refractivity contribution in [3.8, 4) is 5.75 Å². The highest BCUT2D eigenvalue weighted by Gasteiger charge is 2.17. The van der Waals surface area contributed by atoms with Crippen LogP contribution in [0.3, 0.4) is 0 Å². The van der Waals surface area contributed by atoms with Gasteiger partial charge in [-0.3, -0.25) is 4.79 Å². The summed E-state index contributed by atoms with van der Waals surface area (Å²) in [5.74, 6) is -0.397. The zero-order valence-electron chi connectivity index (χ0n) is 11.2.